The van der Waals surface area contributed by atoms with Gasteiger partial charge in [0.1, 0.15) is 23.5 Å². The summed E-state index contributed by atoms with van der Waals surface area (Å²) in [5, 5.41) is 14.2. The highest BCUT2D eigenvalue weighted by Gasteiger charge is 2.18. The predicted octanol–water partition coefficient (Wildman–Crippen LogP) is 2.60. The molecule has 0 saturated heterocycles. The van der Waals surface area contributed by atoms with Gasteiger partial charge in [0.25, 0.3) is 0 Å². The van der Waals surface area contributed by atoms with Gasteiger partial charge < -0.3 is 10.4 Å². The van der Waals surface area contributed by atoms with Gasteiger partial charge in [-0.3, -0.25) is 4.90 Å². The molecule has 1 aliphatic heterocycles. The maximum absolute atomic E-state index is 13.8. The molecule has 1 aromatic heterocycles. The van der Waals surface area contributed by atoms with Crippen molar-refractivity contribution in [3.05, 3.63) is 65.7 Å². The van der Waals surface area contributed by atoms with Crippen molar-refractivity contribution in [2.24, 2.45) is 0 Å². The molecule has 0 fully saturated rings. The van der Waals surface area contributed by atoms with Crippen molar-refractivity contribution in [1.29, 1.82) is 0 Å². The molecule has 26 heavy (non-hydrogen) atoms. The van der Waals surface area contributed by atoms with E-state index in [0.29, 0.717) is 24.3 Å². The third-order valence-electron chi connectivity index (χ3n) is 4.80. The van der Waals surface area contributed by atoms with E-state index in [9.17, 15) is 9.50 Å². The van der Waals surface area contributed by atoms with E-state index in [4.69, 9.17) is 0 Å². The number of aromatic nitrogens is 2. The number of hydrogen-bond donors (Lipinski definition) is 2. The number of aliphatic hydroxyl groups excluding tert-OH is 1. The molecule has 2 heterocycles. The van der Waals surface area contributed by atoms with Gasteiger partial charge in [0.05, 0.1) is 6.10 Å². The molecule has 0 saturated carbocycles. The Morgan fingerprint density at radius 3 is 2.85 bits per heavy atom. The van der Waals surface area contributed by atoms with Crippen LogP contribution in [0.2, 0.25) is 0 Å². The van der Waals surface area contributed by atoms with Crippen LogP contribution in [0.1, 0.15) is 11.1 Å². The second-order valence-corrected chi connectivity index (χ2v) is 6.65. The molecule has 0 amide bonds. The van der Waals surface area contributed by atoms with Crippen LogP contribution < -0.4 is 5.32 Å². The largest absolute Gasteiger partial charge is 0.390 e. The van der Waals surface area contributed by atoms with Crippen LogP contribution in [0.5, 0.6) is 0 Å². The first-order chi connectivity index (χ1) is 12.7. The summed E-state index contributed by atoms with van der Waals surface area (Å²) in [5.74, 6) is 0.165. The lowest BCUT2D eigenvalue weighted by Crippen LogP contribution is -2.39. The van der Waals surface area contributed by atoms with Gasteiger partial charge >= 0.3 is 0 Å². The van der Waals surface area contributed by atoms with Gasteiger partial charge in [-0.15, -0.1) is 0 Å². The van der Waals surface area contributed by atoms with E-state index in [1.54, 1.807) is 12.1 Å². The molecule has 4 rings (SSSR count). The Hall–Kier alpha value is -2.57. The molecule has 1 unspecified atom stereocenters. The quantitative estimate of drug-likeness (QED) is 0.739. The number of anilines is 1. The van der Waals surface area contributed by atoms with Crippen LogP contribution in [-0.2, 0) is 13.0 Å². The zero-order valence-electron chi connectivity index (χ0n) is 14.4. The summed E-state index contributed by atoms with van der Waals surface area (Å²) in [6.07, 6.45) is 1.80. The van der Waals surface area contributed by atoms with Crippen molar-refractivity contribution in [3.8, 4) is 0 Å². The number of aliphatic hydroxyl groups is 1. The smallest absolute Gasteiger partial charge is 0.149 e. The number of hydrogen-bond acceptors (Lipinski definition) is 5. The van der Waals surface area contributed by atoms with Crippen LogP contribution >= 0.6 is 0 Å². The number of para-hydroxylation sites is 1. The zero-order valence-corrected chi connectivity index (χ0v) is 14.4. The highest BCUT2D eigenvalue weighted by Crippen LogP contribution is 2.21. The Labute approximate surface area is 151 Å². The van der Waals surface area contributed by atoms with E-state index >= 15 is 0 Å². The first kappa shape index (κ1) is 16.9. The maximum atomic E-state index is 13.8. The van der Waals surface area contributed by atoms with Crippen LogP contribution in [0.3, 0.4) is 0 Å². The van der Waals surface area contributed by atoms with Crippen LogP contribution in [0.25, 0.3) is 10.9 Å². The molecule has 134 valence electrons. The molecule has 1 atom stereocenters. The highest BCUT2D eigenvalue weighted by atomic mass is 19.1. The van der Waals surface area contributed by atoms with E-state index < -0.39 is 6.10 Å². The summed E-state index contributed by atoms with van der Waals surface area (Å²) in [5.41, 5.74) is 3.01. The molecule has 0 bridgehead atoms. The fourth-order valence-corrected chi connectivity index (χ4v) is 3.48. The number of halogens is 1. The molecule has 1 aliphatic rings. The number of fused-ring (bicyclic) bond motifs is 2. The minimum absolute atomic E-state index is 0.284. The summed E-state index contributed by atoms with van der Waals surface area (Å²) in [6.45, 7) is 2.73. The number of rotatable bonds is 5. The third-order valence-corrected chi connectivity index (χ3v) is 4.80. The van der Waals surface area contributed by atoms with E-state index in [0.717, 1.165) is 19.5 Å². The first-order valence-corrected chi connectivity index (χ1v) is 8.81. The molecular formula is C20H21FN4O. The van der Waals surface area contributed by atoms with Gasteiger partial charge in [0.15, 0.2) is 0 Å². The minimum atomic E-state index is -0.543. The van der Waals surface area contributed by atoms with Crippen LogP contribution in [0, 0.1) is 5.82 Å². The van der Waals surface area contributed by atoms with Gasteiger partial charge in [0, 0.05) is 31.6 Å². The number of nitrogens with zero attached hydrogens (tertiary/aromatic N) is 3. The van der Waals surface area contributed by atoms with Crippen molar-refractivity contribution in [1.82, 2.24) is 14.9 Å². The fraction of sp³-hybridized carbons (Fsp3) is 0.300. The minimum Gasteiger partial charge on any atom is -0.390 e. The van der Waals surface area contributed by atoms with Gasteiger partial charge in [-0.1, -0.05) is 30.3 Å². The molecule has 0 spiro atoms. The molecule has 2 aromatic carbocycles. The fourth-order valence-electron chi connectivity index (χ4n) is 3.48. The molecule has 3 aromatic rings. The van der Waals surface area contributed by atoms with Gasteiger partial charge in [-0.2, -0.15) is 0 Å². The van der Waals surface area contributed by atoms with Crippen LogP contribution in [-0.4, -0.2) is 45.7 Å². The predicted molar refractivity (Wildman–Crippen MR) is 99.4 cm³/mol. The molecular weight excluding hydrogens is 331 g/mol. The van der Waals surface area contributed by atoms with Crippen molar-refractivity contribution < 1.29 is 9.50 Å². The molecule has 0 aliphatic carbocycles. The average molecular weight is 352 g/mol. The molecule has 6 heteroatoms. The molecule has 0 radical (unpaired) electrons. The maximum Gasteiger partial charge on any atom is 0.149 e. The van der Waals surface area contributed by atoms with Gasteiger partial charge in [0.2, 0.25) is 0 Å². The topological polar surface area (TPSA) is 61.3 Å². The Morgan fingerprint density at radius 1 is 1.12 bits per heavy atom. The van der Waals surface area contributed by atoms with E-state index in [2.05, 4.69) is 44.5 Å². The lowest BCUT2D eigenvalue weighted by Gasteiger charge is -2.30. The monoisotopic (exact) mass is 352 g/mol. The Balaban J connectivity index is 1.38. The Morgan fingerprint density at radius 2 is 1.96 bits per heavy atom. The number of nitrogens with one attached hydrogen (secondary N) is 1. The SMILES string of the molecule is OC(CNc1ncnc2c(F)cccc12)CN1CCc2ccccc2C1. The van der Waals surface area contributed by atoms with Crippen LogP contribution in [0.4, 0.5) is 10.2 Å². The second-order valence-electron chi connectivity index (χ2n) is 6.65. The van der Waals surface area contributed by atoms with Crippen molar-refractivity contribution in [2.75, 3.05) is 25.0 Å². The third kappa shape index (κ3) is 3.52. The summed E-state index contributed by atoms with van der Waals surface area (Å²) < 4.78 is 13.8. The summed E-state index contributed by atoms with van der Waals surface area (Å²) >= 11 is 0. The first-order valence-electron chi connectivity index (χ1n) is 8.81. The van der Waals surface area contributed by atoms with Gasteiger partial charge in [-0.25, -0.2) is 14.4 Å². The normalized spacial score (nSPS) is 15.6. The lowest BCUT2D eigenvalue weighted by molar-refractivity contribution is 0.114. The van der Waals surface area contributed by atoms with Crippen molar-refractivity contribution in [3.63, 3.8) is 0 Å². The van der Waals surface area contributed by atoms with E-state index in [-0.39, 0.29) is 11.3 Å². The van der Waals surface area contributed by atoms with Gasteiger partial charge in [-0.05, 0) is 29.7 Å². The van der Waals surface area contributed by atoms with E-state index in [1.165, 1.54) is 23.5 Å². The summed E-state index contributed by atoms with van der Waals surface area (Å²) in [4.78, 5) is 10.4. The Kier molecular flexibility index (Phi) is 4.77. The zero-order chi connectivity index (χ0) is 17.9. The number of β-amino-alcohol motifs (C(OH)–C–C–N with tert-alkyl or cyclic N) is 1. The van der Waals surface area contributed by atoms with E-state index in [1.807, 2.05) is 0 Å². The molecule has 2 N–H and O–H groups in total. The highest BCUT2D eigenvalue weighted by molar-refractivity contribution is 5.89. The van der Waals surface area contributed by atoms with Crippen LogP contribution in [0.15, 0.2) is 48.8 Å². The summed E-state index contributed by atoms with van der Waals surface area (Å²) in [6, 6.07) is 13.2. The molecule has 5 nitrogen and oxygen atoms in total. The summed E-state index contributed by atoms with van der Waals surface area (Å²) in [7, 11) is 0. The second kappa shape index (κ2) is 7.35. The number of benzene rings is 2. The van der Waals surface area contributed by atoms with Crippen molar-refractivity contribution in [2.45, 2.75) is 19.1 Å². The van der Waals surface area contributed by atoms with Crippen molar-refractivity contribution >= 4 is 16.7 Å². The Bertz CT molecular complexity index is 917. The standard InChI is InChI=1S/C20H21FN4O/c21-18-7-3-6-17-19(18)23-13-24-20(17)22-10-16(26)12-25-9-8-14-4-1-2-5-15(14)11-25/h1-7,13,16,26H,8-12H2,(H,22,23,24). The average Bonchev–Trinajstić information content (AvgIpc) is 2.67. The lowest BCUT2D eigenvalue weighted by atomic mass is 10.00.